The predicted molar refractivity (Wildman–Crippen MR) is 523 cm³/mol. The molecule has 1 atom stereocenters. The Hall–Kier alpha value is -5.88. The summed E-state index contributed by atoms with van der Waals surface area (Å²) in [5, 5.41) is 25.1. The molecule has 0 saturated carbocycles. The zero-order valence-electron chi connectivity index (χ0n) is 85.7. The average Bonchev–Trinajstić information content (AvgIpc) is 1.69. The maximum Gasteiger partial charge on any atom is 0.335 e. The number of amides is 7. The van der Waals surface area contributed by atoms with Crippen molar-refractivity contribution in [1.82, 2.24) is 47.0 Å². The lowest BCUT2D eigenvalue weighted by Gasteiger charge is -2.30. The number of rotatable bonds is 91. The van der Waals surface area contributed by atoms with Gasteiger partial charge in [0.2, 0.25) is 51.2 Å². The minimum Gasteiger partial charge on any atom is -0.408 e. The van der Waals surface area contributed by atoms with Crippen LogP contribution in [0.1, 0.15) is 320 Å². The van der Waals surface area contributed by atoms with Gasteiger partial charge < -0.3 is 98.1 Å². The molecular formula is C101H185N9O22S. The lowest BCUT2D eigenvalue weighted by molar-refractivity contribution is -0.126. The topological polar surface area (TPSA) is 379 Å². The third-order valence-electron chi connectivity index (χ3n) is 22.3. The molecule has 2 aromatic rings. The van der Waals surface area contributed by atoms with Crippen molar-refractivity contribution in [3.05, 3.63) is 29.8 Å². The highest BCUT2D eigenvalue weighted by Gasteiger charge is 2.31. The summed E-state index contributed by atoms with van der Waals surface area (Å²) >= 11 is 0. The fraction of sp³-hybridized carbons (Fsp3) is 0.851. The lowest BCUT2D eigenvalue weighted by atomic mass is 9.89. The van der Waals surface area contributed by atoms with Gasteiger partial charge in [-0.3, -0.25) is 33.6 Å². The molecule has 1 aromatic carbocycles. The zero-order chi connectivity index (χ0) is 98.2. The van der Waals surface area contributed by atoms with Crippen molar-refractivity contribution in [2.45, 2.75) is 321 Å². The summed E-state index contributed by atoms with van der Waals surface area (Å²) in [6, 6.07) is 6.37. The quantitative estimate of drug-likeness (QED) is 0.0335. The van der Waals surface area contributed by atoms with E-state index in [-0.39, 0.29) is 167 Å². The Morgan fingerprint density at radius 3 is 1.01 bits per heavy atom. The predicted octanol–water partition coefficient (Wildman–Crippen LogP) is 15.5. The number of ether oxygens (including phenoxy) is 12. The van der Waals surface area contributed by atoms with Crippen molar-refractivity contribution in [2.75, 3.05) is 211 Å². The van der Waals surface area contributed by atoms with Crippen molar-refractivity contribution in [3.8, 4) is 11.5 Å². The molecule has 0 radical (unpaired) electrons. The van der Waals surface area contributed by atoms with Crippen LogP contribution in [0.25, 0.3) is 11.5 Å². The van der Waals surface area contributed by atoms with Crippen LogP contribution < -0.4 is 31.9 Å². The largest absolute Gasteiger partial charge is 0.408 e. The van der Waals surface area contributed by atoms with E-state index in [9.17, 15) is 42.0 Å². The van der Waals surface area contributed by atoms with Gasteiger partial charge in [0.15, 0.2) is 0 Å². The first-order chi connectivity index (χ1) is 63.4. The van der Waals surface area contributed by atoms with Crippen LogP contribution in [0.2, 0.25) is 0 Å². The van der Waals surface area contributed by atoms with Crippen LogP contribution in [0.5, 0.6) is 0 Å². The number of nitrogens with zero attached hydrogens (tertiary/aromatic N) is 3. The molecule has 0 spiro atoms. The van der Waals surface area contributed by atoms with Crippen molar-refractivity contribution in [2.24, 2.45) is 32.5 Å². The summed E-state index contributed by atoms with van der Waals surface area (Å²) in [6.45, 7) is 41.3. The second kappa shape index (κ2) is 74.2. The molecule has 133 heavy (non-hydrogen) atoms. The van der Waals surface area contributed by atoms with Gasteiger partial charge in [0.1, 0.15) is 0 Å². The van der Waals surface area contributed by atoms with Crippen LogP contribution >= 0.6 is 0 Å². The van der Waals surface area contributed by atoms with E-state index < -0.39 is 25.9 Å². The van der Waals surface area contributed by atoms with E-state index in [2.05, 4.69) is 111 Å². The van der Waals surface area contributed by atoms with Crippen LogP contribution in [0.4, 0.5) is 0 Å². The molecule has 32 heteroatoms. The molecule has 2 rings (SSSR count). The van der Waals surface area contributed by atoms with Crippen molar-refractivity contribution < 1.29 is 103 Å². The number of nitrogens with one attached hydrogen (secondary N) is 6. The van der Waals surface area contributed by atoms with Crippen LogP contribution in [-0.2, 0) is 95.4 Å². The summed E-state index contributed by atoms with van der Waals surface area (Å²) in [4.78, 5) is 91.9. The Kier molecular flexibility index (Phi) is 68.7. The van der Waals surface area contributed by atoms with Gasteiger partial charge in [0.05, 0.1) is 158 Å². The van der Waals surface area contributed by atoms with E-state index in [4.69, 9.17) is 61.3 Å². The van der Waals surface area contributed by atoms with E-state index >= 15 is 0 Å². The summed E-state index contributed by atoms with van der Waals surface area (Å²) in [5.74, 6) is -0.581. The number of sulfone groups is 1. The molecule has 6 N–H and O–H groups in total. The minimum absolute atomic E-state index is 0.00765. The first-order valence-electron chi connectivity index (χ1n) is 50.4. The number of benzene rings is 1. The van der Waals surface area contributed by atoms with E-state index in [1.807, 2.05) is 34.6 Å². The van der Waals surface area contributed by atoms with Gasteiger partial charge >= 0.3 is 5.22 Å². The number of unbranched alkanes of at least 4 members (excludes halogenated alkanes) is 24. The van der Waals surface area contributed by atoms with Crippen molar-refractivity contribution in [1.29, 1.82) is 0 Å². The highest BCUT2D eigenvalue weighted by Crippen LogP contribution is 2.27. The third-order valence-corrected chi connectivity index (χ3v) is 23.1. The maximum atomic E-state index is 13.9. The van der Waals surface area contributed by atoms with Gasteiger partial charge in [-0.2, -0.15) is 0 Å². The van der Waals surface area contributed by atoms with Gasteiger partial charge in [-0.25, -0.2) is 8.42 Å². The number of aromatic nitrogens is 2. The molecule has 0 aliphatic heterocycles. The highest BCUT2D eigenvalue weighted by atomic mass is 32.2. The molecule has 1 unspecified atom stereocenters. The molecule has 0 bridgehead atoms. The molecule has 0 fully saturated rings. The normalized spacial score (nSPS) is 12.6. The summed E-state index contributed by atoms with van der Waals surface area (Å²) in [6.07, 6.45) is 35.9. The average molecular weight is 1910 g/mol. The standard InChI is InChI=1S/C101H185N9O22S/c1-17-19-21-23-25-27-29-31-33-35-37-39-41-43-87(111)104-74-98(8,9)79-129-81-100(12,13)76-106-91(115)71-96(4,5)78-128-56-51-102-89(113)49-54-120-59-63-124-67-69-126-65-61-122-57-52-110(94(117)86-47-45-85(46-48-86)93-108-109-95(132-93)133(16,118)119)53-58-123-62-66-127-70-68-125-64-60-121-55-50-90(114)103-73-84(3)131-83-97(6,7)72-92(116)107-77-101(14,15)82-130-80-99(10,11)75-105-88(112)44-42-40-38-36-34-32-30-28-26-24-22-20-18-2/h45-48,84H,17-44,49-83H2,1-16H3,(H,102,113)(H,103,114)(H,104,111)(H,105,112)(H,106,115)(H,107,116). The summed E-state index contributed by atoms with van der Waals surface area (Å²) in [7, 11) is -3.72. The second-order valence-corrected chi connectivity index (χ2v) is 42.6. The van der Waals surface area contributed by atoms with Crippen molar-refractivity contribution in [3.63, 3.8) is 0 Å². The molecular weight excluding hydrogens is 1720 g/mol. The zero-order valence-corrected chi connectivity index (χ0v) is 86.5. The molecule has 0 saturated heterocycles. The van der Waals surface area contributed by atoms with Gasteiger partial charge in [0.25, 0.3) is 5.91 Å². The smallest absolute Gasteiger partial charge is 0.335 e. The Balaban J connectivity index is 1.54. The number of carbonyl (C=O) groups is 7. The highest BCUT2D eigenvalue weighted by molar-refractivity contribution is 7.90. The maximum absolute atomic E-state index is 13.9. The molecule has 1 heterocycles. The van der Waals surface area contributed by atoms with Crippen LogP contribution in [-0.4, -0.2) is 282 Å². The third kappa shape index (κ3) is 71.3. The van der Waals surface area contributed by atoms with E-state index in [1.165, 1.54) is 141 Å². The first-order valence-corrected chi connectivity index (χ1v) is 52.3. The number of hydrogen-bond acceptors (Lipinski definition) is 24. The minimum atomic E-state index is -3.72. The van der Waals surface area contributed by atoms with Crippen molar-refractivity contribution >= 4 is 51.2 Å². The van der Waals surface area contributed by atoms with Crippen LogP contribution in [0.15, 0.2) is 33.9 Å². The molecule has 7 amide bonds. The van der Waals surface area contributed by atoms with E-state index in [0.29, 0.717) is 162 Å². The Bertz CT molecular complexity index is 3450. The van der Waals surface area contributed by atoms with E-state index in [0.717, 1.165) is 31.9 Å². The monoisotopic (exact) mass is 1910 g/mol. The van der Waals surface area contributed by atoms with Gasteiger partial charge in [0, 0.05) is 130 Å². The Morgan fingerprint density at radius 2 is 0.654 bits per heavy atom. The molecule has 772 valence electrons. The fourth-order valence-corrected chi connectivity index (χ4v) is 14.5. The molecule has 0 aliphatic carbocycles. The summed E-state index contributed by atoms with van der Waals surface area (Å²) in [5.41, 5.74) is -1.16. The number of carbonyl (C=O) groups excluding carboxylic acids is 7. The fourth-order valence-electron chi connectivity index (χ4n) is 14.0. The molecule has 0 aliphatic rings. The SMILES string of the molecule is CCCCCCCCCCCCCCCC(=O)NCC(C)(C)COCC(C)(C)CNC(=O)CC(C)(C)COCCNC(=O)CCOCCOCCOCCOCCN(CCOCCOCCOCCOCCC(=O)NCC(C)OCC(C)(C)CC(=O)NCC(C)(C)COCC(C)(C)CNC(=O)CCCCCCCCCCCCCCC)C(=O)c1ccc(-c2nnc(S(C)(=O)=O)o2)cc1. The van der Waals surface area contributed by atoms with Crippen LogP contribution in [0.3, 0.4) is 0 Å². The first kappa shape index (κ1) is 123. The second-order valence-electron chi connectivity index (χ2n) is 40.7. The van der Waals surface area contributed by atoms with Gasteiger partial charge in [-0.15, -0.1) is 5.10 Å². The number of hydrogen-bond donors (Lipinski definition) is 6. The lowest BCUT2D eigenvalue weighted by Crippen LogP contribution is -2.41. The summed E-state index contributed by atoms with van der Waals surface area (Å²) < 4.78 is 99.0. The van der Waals surface area contributed by atoms with Gasteiger partial charge in [-0.1, -0.05) is 256 Å². The Morgan fingerprint density at radius 1 is 0.346 bits per heavy atom. The Labute approximate surface area is 802 Å². The molecule has 1 aromatic heterocycles. The molecule has 31 nitrogen and oxygen atoms in total. The van der Waals surface area contributed by atoms with Crippen LogP contribution in [0, 0.1) is 32.5 Å². The van der Waals surface area contributed by atoms with E-state index in [1.54, 1.807) is 29.2 Å². The van der Waals surface area contributed by atoms with Gasteiger partial charge in [-0.05, 0) is 54.9 Å².